The van der Waals surface area contributed by atoms with E-state index >= 15 is 0 Å². The minimum Gasteiger partial charge on any atom is -0.393 e. The van der Waals surface area contributed by atoms with Gasteiger partial charge in [0.15, 0.2) is 11.4 Å². The summed E-state index contributed by atoms with van der Waals surface area (Å²) >= 11 is 0. The van der Waals surface area contributed by atoms with E-state index in [2.05, 4.69) is 10.4 Å². The van der Waals surface area contributed by atoms with Gasteiger partial charge in [0.25, 0.3) is 5.91 Å². The van der Waals surface area contributed by atoms with Gasteiger partial charge in [0.2, 0.25) is 0 Å². The Kier molecular flexibility index (Phi) is 5.83. The Labute approximate surface area is 171 Å². The number of carbonyl (C=O) groups is 1. The lowest BCUT2D eigenvalue weighted by molar-refractivity contribution is -0.258. The van der Waals surface area contributed by atoms with E-state index in [1.54, 1.807) is 10.9 Å². The topological polar surface area (TPSA) is 113 Å². The zero-order valence-corrected chi connectivity index (χ0v) is 16.6. The summed E-state index contributed by atoms with van der Waals surface area (Å²) in [5.74, 6) is -0.355. The molecule has 2 aromatic rings. The van der Waals surface area contributed by atoms with E-state index in [1.807, 2.05) is 6.92 Å². The van der Waals surface area contributed by atoms with Gasteiger partial charge in [-0.25, -0.2) is 0 Å². The van der Waals surface area contributed by atoms with Crippen LogP contribution < -0.4 is 11.1 Å². The average molecular weight is 426 g/mol. The molecule has 1 saturated carbocycles. The quantitative estimate of drug-likeness (QED) is 0.586. The summed E-state index contributed by atoms with van der Waals surface area (Å²) < 4.78 is 40.6. The highest BCUT2D eigenvalue weighted by atomic mass is 19.4. The molecule has 5 N–H and O–H groups in total. The molecule has 0 bridgehead atoms. The number of aliphatic hydroxyl groups is 2. The minimum atomic E-state index is -4.82. The summed E-state index contributed by atoms with van der Waals surface area (Å²) in [6, 6.07) is 5.02. The van der Waals surface area contributed by atoms with Crippen molar-refractivity contribution in [2.24, 2.45) is 11.7 Å². The molecule has 1 aliphatic rings. The number of benzene rings is 1. The van der Waals surface area contributed by atoms with Crippen LogP contribution in [0.2, 0.25) is 0 Å². The Morgan fingerprint density at radius 2 is 1.90 bits per heavy atom. The Hall–Kier alpha value is -2.59. The molecule has 0 aliphatic heterocycles. The van der Waals surface area contributed by atoms with Gasteiger partial charge >= 0.3 is 6.18 Å². The van der Waals surface area contributed by atoms with Gasteiger partial charge in [-0.05, 0) is 49.8 Å². The van der Waals surface area contributed by atoms with Crippen LogP contribution >= 0.6 is 0 Å². The zero-order chi connectivity index (χ0) is 22.3. The molecule has 1 aromatic carbocycles. The van der Waals surface area contributed by atoms with Gasteiger partial charge in [-0.15, -0.1) is 0 Å². The number of hydrogen-bond donors (Lipinski definition) is 4. The molecular weight excluding hydrogens is 401 g/mol. The lowest BCUT2D eigenvalue weighted by atomic mass is 9.84. The molecule has 164 valence electrons. The van der Waals surface area contributed by atoms with Crippen molar-refractivity contribution in [2.75, 3.05) is 5.32 Å². The van der Waals surface area contributed by atoms with E-state index in [0.717, 1.165) is 12.1 Å². The second-order valence-electron chi connectivity index (χ2n) is 8.02. The maximum absolute atomic E-state index is 13.0. The third-order valence-corrected chi connectivity index (χ3v) is 5.70. The summed E-state index contributed by atoms with van der Waals surface area (Å²) in [5, 5.41) is 26.9. The first-order valence-corrected chi connectivity index (χ1v) is 9.64. The van der Waals surface area contributed by atoms with Crippen LogP contribution in [-0.4, -0.2) is 38.2 Å². The Morgan fingerprint density at radius 3 is 2.43 bits per heavy atom. The van der Waals surface area contributed by atoms with Crippen molar-refractivity contribution >= 4 is 17.4 Å². The number of carbonyl (C=O) groups excluding carboxylic acids is 1. The van der Waals surface area contributed by atoms with Gasteiger partial charge < -0.3 is 21.3 Å². The van der Waals surface area contributed by atoms with E-state index in [9.17, 15) is 28.2 Å². The van der Waals surface area contributed by atoms with Crippen molar-refractivity contribution in [3.05, 3.63) is 41.6 Å². The number of aromatic nitrogens is 2. The zero-order valence-electron chi connectivity index (χ0n) is 16.6. The van der Waals surface area contributed by atoms with Gasteiger partial charge in [0.1, 0.15) is 5.56 Å². The predicted octanol–water partition coefficient (Wildman–Crippen LogP) is 3.22. The fraction of sp³-hybridized carbons (Fsp3) is 0.500. The molecule has 10 heteroatoms. The largest absolute Gasteiger partial charge is 0.421 e. The molecule has 30 heavy (non-hydrogen) atoms. The fourth-order valence-electron chi connectivity index (χ4n) is 3.76. The number of rotatable bonds is 5. The predicted molar refractivity (Wildman–Crippen MR) is 104 cm³/mol. The Bertz CT molecular complexity index is 909. The van der Waals surface area contributed by atoms with Gasteiger partial charge in [-0.1, -0.05) is 19.1 Å². The van der Waals surface area contributed by atoms with Crippen LogP contribution in [-0.2, 0) is 5.60 Å². The van der Waals surface area contributed by atoms with Gasteiger partial charge in [0, 0.05) is 11.9 Å². The Balaban J connectivity index is 1.84. The number of nitrogens with two attached hydrogens (primary N) is 1. The third kappa shape index (κ3) is 4.29. The highest BCUT2D eigenvalue weighted by Crippen LogP contribution is 2.39. The van der Waals surface area contributed by atoms with Crippen LogP contribution in [0.5, 0.6) is 0 Å². The van der Waals surface area contributed by atoms with Crippen LogP contribution in [0.1, 0.15) is 55.1 Å². The molecule has 0 radical (unpaired) electrons. The van der Waals surface area contributed by atoms with Crippen molar-refractivity contribution in [2.45, 2.75) is 57.0 Å². The second kappa shape index (κ2) is 7.92. The number of primary amides is 1. The van der Waals surface area contributed by atoms with Crippen molar-refractivity contribution in [1.29, 1.82) is 0 Å². The molecule has 1 aromatic heterocycles. The third-order valence-electron chi connectivity index (χ3n) is 5.70. The van der Waals surface area contributed by atoms with Gasteiger partial charge in [0.05, 0.1) is 12.1 Å². The van der Waals surface area contributed by atoms with Crippen LogP contribution in [0.4, 0.5) is 24.7 Å². The molecule has 1 aliphatic carbocycles. The summed E-state index contributed by atoms with van der Waals surface area (Å²) in [6.45, 7) is 2.68. The number of alkyl halides is 3. The van der Waals surface area contributed by atoms with E-state index in [-0.39, 0.29) is 35.0 Å². The van der Waals surface area contributed by atoms with Crippen LogP contribution in [0.25, 0.3) is 0 Å². The monoisotopic (exact) mass is 426 g/mol. The van der Waals surface area contributed by atoms with Crippen LogP contribution in [0.3, 0.4) is 0 Å². The summed E-state index contributed by atoms with van der Waals surface area (Å²) in [5.41, 5.74) is 2.72. The molecule has 1 amide bonds. The SMILES string of the molecule is C[C@H]1C[C@H](O)CC[C@@H]1n1cc(C(N)=O)c(Nc2ccc([C@@](C)(O)C(F)(F)F)cc2)n1. The molecule has 1 fully saturated rings. The van der Waals surface area contributed by atoms with Crippen LogP contribution in [0, 0.1) is 5.92 Å². The standard InChI is InChI=1S/C20H25F3N4O3/c1-11-9-14(28)7-8-16(11)27-10-15(17(24)29)18(26-27)25-13-5-3-12(4-6-13)19(2,30)20(21,22)23/h3-6,10-11,14,16,28,30H,7-9H2,1-2H3,(H2,24,29)(H,25,26)/t11-,14+,16-,19+/m0/s1. The minimum absolute atomic E-state index is 0.00805. The van der Waals surface area contributed by atoms with Crippen molar-refractivity contribution in [3.63, 3.8) is 0 Å². The smallest absolute Gasteiger partial charge is 0.393 e. The lowest BCUT2D eigenvalue weighted by Gasteiger charge is -2.31. The first-order chi connectivity index (χ1) is 13.9. The van der Waals surface area contributed by atoms with Gasteiger partial charge in [-0.3, -0.25) is 9.48 Å². The normalized spacial score (nSPS) is 24.3. The maximum Gasteiger partial charge on any atom is 0.421 e. The molecule has 7 nitrogen and oxygen atoms in total. The van der Waals surface area contributed by atoms with Crippen molar-refractivity contribution < 1.29 is 28.2 Å². The van der Waals surface area contributed by atoms with Crippen molar-refractivity contribution in [1.82, 2.24) is 9.78 Å². The number of anilines is 2. The molecule has 0 unspecified atom stereocenters. The Morgan fingerprint density at radius 1 is 1.27 bits per heavy atom. The number of aliphatic hydroxyl groups excluding tert-OH is 1. The van der Waals surface area contributed by atoms with E-state index in [1.165, 1.54) is 12.1 Å². The molecule has 4 atom stereocenters. The summed E-state index contributed by atoms with van der Waals surface area (Å²) in [4.78, 5) is 11.9. The van der Waals surface area contributed by atoms with E-state index < -0.39 is 17.7 Å². The first kappa shape index (κ1) is 22.1. The molecular formula is C20H25F3N4O3. The van der Waals surface area contributed by atoms with Gasteiger partial charge in [-0.2, -0.15) is 18.3 Å². The lowest BCUT2D eigenvalue weighted by Crippen LogP contribution is -2.39. The number of nitrogens with zero attached hydrogens (tertiary/aromatic N) is 2. The van der Waals surface area contributed by atoms with Crippen molar-refractivity contribution in [3.8, 4) is 0 Å². The number of halogens is 3. The number of amides is 1. The molecule has 3 rings (SSSR count). The fourth-order valence-corrected chi connectivity index (χ4v) is 3.76. The molecule has 0 spiro atoms. The van der Waals surface area contributed by atoms with E-state index in [0.29, 0.717) is 31.9 Å². The summed E-state index contributed by atoms with van der Waals surface area (Å²) in [7, 11) is 0. The number of hydrogen-bond acceptors (Lipinski definition) is 5. The molecule has 1 heterocycles. The van der Waals surface area contributed by atoms with E-state index in [4.69, 9.17) is 5.73 Å². The highest BCUT2D eigenvalue weighted by Gasteiger charge is 2.51. The average Bonchev–Trinajstić information content (AvgIpc) is 3.05. The number of nitrogens with one attached hydrogen (secondary N) is 1. The molecule has 0 saturated heterocycles. The second-order valence-corrected chi connectivity index (χ2v) is 8.02. The highest BCUT2D eigenvalue weighted by molar-refractivity contribution is 5.98. The first-order valence-electron chi connectivity index (χ1n) is 9.64. The summed E-state index contributed by atoms with van der Waals surface area (Å²) in [6.07, 6.45) is -1.67. The van der Waals surface area contributed by atoms with Crippen LogP contribution in [0.15, 0.2) is 30.5 Å². The maximum atomic E-state index is 13.0.